The molecule has 0 atom stereocenters. The Kier molecular flexibility index (Phi) is 15.3. The van der Waals surface area contributed by atoms with Gasteiger partial charge in [-0.15, -0.1) is 0 Å². The van der Waals surface area contributed by atoms with Gasteiger partial charge in [0.05, 0.1) is 10.1 Å². The summed E-state index contributed by atoms with van der Waals surface area (Å²) < 4.78 is 47.8. The Morgan fingerprint density at radius 2 is 1.69 bits per heavy atom. The van der Waals surface area contributed by atoms with Crippen molar-refractivity contribution in [2.24, 2.45) is 0 Å². The third-order valence-corrected chi connectivity index (χ3v) is 2.01. The van der Waals surface area contributed by atoms with Crippen LogP contribution in [0.25, 0.3) is 0 Å². The van der Waals surface area contributed by atoms with E-state index in [-0.39, 0.29) is 64.0 Å². The summed E-state index contributed by atoms with van der Waals surface area (Å²) in [6.45, 7) is 1.70. The fourth-order valence-electron chi connectivity index (χ4n) is 0.707. The fourth-order valence-corrected chi connectivity index (χ4v) is 1.25. The molecule has 16 heavy (non-hydrogen) atoms. The molecule has 0 N–H and O–H groups in total. The molecule has 0 aromatic heterocycles. The van der Waals surface area contributed by atoms with E-state index in [1.807, 2.05) is 0 Å². The standard InChI is InChI=1S/C7H7O3S.2Na.O2S/c1-6-3-2-4-7(5-6)11(8,9)10;;;1-3-2/h3-5H,1H3,(H,8,9,10);;;/q-1;2*+1;/p-1. The van der Waals surface area contributed by atoms with Crippen molar-refractivity contribution >= 4 is 21.7 Å². The zero-order valence-corrected chi connectivity index (χ0v) is 14.7. The maximum absolute atomic E-state index is 10.4. The van der Waals surface area contributed by atoms with Crippen LogP contribution in [0.2, 0.25) is 0 Å². The molecule has 0 fully saturated rings. The molecule has 0 heterocycles. The third-order valence-electron chi connectivity index (χ3n) is 1.20. The minimum absolute atomic E-state index is 0. The predicted octanol–water partition coefficient (Wildman–Crippen LogP) is -5.96. The molecule has 9 heteroatoms. The molecule has 1 aromatic rings. The van der Waals surface area contributed by atoms with Gasteiger partial charge in [-0.25, -0.2) is 0 Å². The molecule has 0 spiro atoms. The predicted molar refractivity (Wildman–Crippen MR) is 46.9 cm³/mol. The van der Waals surface area contributed by atoms with E-state index >= 15 is 0 Å². The first-order chi connectivity index (χ1) is 6.41. The van der Waals surface area contributed by atoms with Gasteiger partial charge in [0.25, 0.3) is 0 Å². The van der Waals surface area contributed by atoms with Gasteiger partial charge in [-0.1, -0.05) is 11.8 Å². The molecule has 0 aliphatic heterocycles. The Hall–Kier alpha value is 0.950. The van der Waals surface area contributed by atoms with Crippen LogP contribution in [0.3, 0.4) is 0 Å². The van der Waals surface area contributed by atoms with Gasteiger partial charge in [0.1, 0.15) is 0 Å². The molecule has 0 aliphatic carbocycles. The van der Waals surface area contributed by atoms with Gasteiger partial charge in [-0.2, -0.15) is 38.2 Å². The molecule has 1 aromatic carbocycles. The second-order valence-electron chi connectivity index (χ2n) is 2.27. The number of benzene rings is 1. The Bertz CT molecular complexity index is 440. The molecular formula is C7H6Na2O5S2. The maximum atomic E-state index is 10.4. The third kappa shape index (κ3) is 10.1. The molecule has 0 saturated carbocycles. The molecule has 0 amide bonds. The molecule has 0 unspecified atom stereocenters. The molecule has 5 nitrogen and oxygen atoms in total. The maximum Gasteiger partial charge on any atom is 1.00 e. The Balaban J connectivity index is -0.000000306. The smallest absolute Gasteiger partial charge is 0.754 e. The summed E-state index contributed by atoms with van der Waals surface area (Å²) in [6, 6.07) is 6.64. The minimum Gasteiger partial charge on any atom is -0.754 e. The van der Waals surface area contributed by atoms with Crippen LogP contribution in [0.4, 0.5) is 0 Å². The first kappa shape index (κ1) is 22.2. The van der Waals surface area contributed by atoms with E-state index in [9.17, 15) is 13.0 Å². The van der Waals surface area contributed by atoms with E-state index in [2.05, 4.69) is 6.07 Å². The number of aryl methyl sites for hydroxylation is 1. The van der Waals surface area contributed by atoms with Crippen molar-refractivity contribution in [1.82, 2.24) is 0 Å². The van der Waals surface area contributed by atoms with Crippen molar-refractivity contribution in [1.29, 1.82) is 0 Å². The summed E-state index contributed by atoms with van der Waals surface area (Å²) in [4.78, 5) is -0.225. The van der Waals surface area contributed by atoms with Crippen LogP contribution < -0.4 is 59.1 Å². The van der Waals surface area contributed by atoms with E-state index in [4.69, 9.17) is 8.42 Å². The molecule has 1 rings (SSSR count). The van der Waals surface area contributed by atoms with Gasteiger partial charge in [-0.05, 0) is 0 Å². The summed E-state index contributed by atoms with van der Waals surface area (Å²) in [5.41, 5.74) is 0.710. The largest absolute Gasteiger partial charge is 1.00 e. The van der Waals surface area contributed by atoms with Crippen LogP contribution in [0.5, 0.6) is 0 Å². The minimum atomic E-state index is -4.31. The van der Waals surface area contributed by atoms with Gasteiger partial charge < -0.3 is 4.55 Å². The molecule has 0 bridgehead atoms. The number of rotatable bonds is 1. The van der Waals surface area contributed by atoms with Gasteiger partial charge in [0.2, 0.25) is 0 Å². The topological polar surface area (TPSA) is 91.3 Å². The molecule has 78 valence electrons. The quantitative estimate of drug-likeness (QED) is 0.290. The van der Waals surface area contributed by atoms with E-state index < -0.39 is 21.7 Å². The average molecular weight is 280 g/mol. The van der Waals surface area contributed by atoms with Crippen LogP contribution in [-0.4, -0.2) is 21.4 Å². The van der Waals surface area contributed by atoms with Crippen molar-refractivity contribution in [2.75, 3.05) is 0 Å². The molecular weight excluding hydrogens is 274 g/mol. The molecule has 0 saturated heterocycles. The average Bonchev–Trinajstić information content (AvgIpc) is 2.04. The first-order valence-corrected chi connectivity index (χ1v) is 5.34. The van der Waals surface area contributed by atoms with Gasteiger partial charge in [0, 0.05) is 0 Å². The van der Waals surface area contributed by atoms with Gasteiger partial charge in [0.15, 0.2) is 0 Å². The second-order valence-corrected chi connectivity index (χ2v) is 3.78. The van der Waals surface area contributed by atoms with Crippen molar-refractivity contribution in [2.45, 2.75) is 11.8 Å². The fraction of sp³-hybridized carbons (Fsp3) is 0.143. The Morgan fingerprint density at radius 1 is 1.25 bits per heavy atom. The van der Waals surface area contributed by atoms with Crippen molar-refractivity contribution in [3.63, 3.8) is 0 Å². The summed E-state index contributed by atoms with van der Waals surface area (Å²) in [7, 11) is -4.31. The molecule has 0 aliphatic rings. The van der Waals surface area contributed by atoms with Crippen LogP contribution in [0.15, 0.2) is 23.1 Å². The zero-order chi connectivity index (χ0) is 11.2. The van der Waals surface area contributed by atoms with E-state index in [0.29, 0.717) is 5.56 Å². The summed E-state index contributed by atoms with van der Waals surface area (Å²) in [5.74, 6) is 0. The van der Waals surface area contributed by atoms with Crippen molar-refractivity contribution in [3.05, 3.63) is 29.8 Å². The summed E-state index contributed by atoms with van der Waals surface area (Å²) in [5, 5.41) is 0. The number of hydrogen-bond donors (Lipinski definition) is 0. The van der Waals surface area contributed by atoms with Gasteiger partial charge in [-0.3, -0.25) is 8.42 Å². The van der Waals surface area contributed by atoms with Crippen LogP contribution in [0, 0.1) is 13.0 Å². The monoisotopic (exact) mass is 280 g/mol. The second kappa shape index (κ2) is 11.1. The first-order valence-electron chi connectivity index (χ1n) is 3.27. The van der Waals surface area contributed by atoms with Crippen LogP contribution in [-0.2, 0) is 21.7 Å². The Labute approximate surface area is 142 Å². The Morgan fingerprint density at radius 3 is 1.94 bits per heavy atom. The normalized spacial score (nSPS) is 8.62. The van der Waals surface area contributed by atoms with E-state index in [1.54, 1.807) is 13.0 Å². The zero-order valence-electron chi connectivity index (χ0n) is 9.09. The van der Waals surface area contributed by atoms with E-state index in [0.717, 1.165) is 6.07 Å². The molecule has 0 radical (unpaired) electrons. The summed E-state index contributed by atoms with van der Waals surface area (Å²) >= 11 is -0.750. The van der Waals surface area contributed by atoms with Gasteiger partial charge >= 0.3 is 70.7 Å². The van der Waals surface area contributed by atoms with Crippen LogP contribution in [0.1, 0.15) is 5.56 Å². The van der Waals surface area contributed by atoms with Crippen molar-refractivity contribution < 1.29 is 80.5 Å². The number of hydrogen-bond acceptors (Lipinski definition) is 5. The summed E-state index contributed by atoms with van der Waals surface area (Å²) in [6.07, 6.45) is 0. The SMILES string of the molecule is Cc1c[c-]cc(S(=O)(=O)[O-])c1.O=S=O.[Na+].[Na+]. The van der Waals surface area contributed by atoms with E-state index in [1.165, 1.54) is 6.07 Å². The van der Waals surface area contributed by atoms with Crippen LogP contribution >= 0.6 is 0 Å². The van der Waals surface area contributed by atoms with Crippen molar-refractivity contribution in [3.8, 4) is 0 Å².